The maximum absolute atomic E-state index is 9.74. The Morgan fingerprint density at radius 1 is 1.30 bits per heavy atom. The molecule has 3 nitrogen and oxygen atoms in total. The summed E-state index contributed by atoms with van der Waals surface area (Å²) in [7, 11) is 2.00. The highest BCUT2D eigenvalue weighted by molar-refractivity contribution is 5.30. The van der Waals surface area contributed by atoms with Crippen molar-refractivity contribution in [3.8, 4) is 0 Å². The topological polar surface area (TPSA) is 35.5 Å². The Kier molecular flexibility index (Phi) is 4.11. The number of nitrogens with one attached hydrogen (secondary N) is 1. The molecule has 2 unspecified atom stereocenters. The summed E-state index contributed by atoms with van der Waals surface area (Å²) in [6.45, 7) is 3.60. The van der Waals surface area contributed by atoms with Gasteiger partial charge in [-0.2, -0.15) is 0 Å². The number of aliphatic hydroxyl groups is 1. The Labute approximate surface area is 122 Å². The number of hydrogen-bond acceptors (Lipinski definition) is 3. The normalized spacial score (nSPS) is 29.8. The molecule has 3 heteroatoms. The second-order valence-electron chi connectivity index (χ2n) is 6.42. The molecule has 1 aromatic carbocycles. The monoisotopic (exact) mass is 274 g/mol. The average Bonchev–Trinajstić information content (AvgIpc) is 3.08. The van der Waals surface area contributed by atoms with Crippen molar-refractivity contribution in [1.82, 2.24) is 10.2 Å². The lowest BCUT2D eigenvalue weighted by atomic mass is 9.85. The maximum Gasteiger partial charge on any atom is 0.0615 e. The summed E-state index contributed by atoms with van der Waals surface area (Å²) in [5.41, 5.74) is 2.95. The number of likely N-dealkylation sites (N-methyl/N-ethyl adjacent to an activating group) is 1. The molecule has 1 aromatic rings. The summed E-state index contributed by atoms with van der Waals surface area (Å²) < 4.78 is 0. The first-order valence-electron chi connectivity index (χ1n) is 7.86. The van der Waals surface area contributed by atoms with Crippen LogP contribution < -0.4 is 5.32 Å². The van der Waals surface area contributed by atoms with Crippen molar-refractivity contribution in [2.75, 3.05) is 20.2 Å². The van der Waals surface area contributed by atoms with Crippen molar-refractivity contribution in [3.63, 3.8) is 0 Å². The fourth-order valence-corrected chi connectivity index (χ4v) is 4.08. The Bertz CT molecular complexity index is 431. The first kappa shape index (κ1) is 14.1. The molecule has 110 valence electrons. The van der Waals surface area contributed by atoms with Crippen molar-refractivity contribution in [2.45, 2.75) is 44.3 Å². The van der Waals surface area contributed by atoms with Gasteiger partial charge in [0, 0.05) is 18.6 Å². The first-order valence-corrected chi connectivity index (χ1v) is 7.86. The van der Waals surface area contributed by atoms with Gasteiger partial charge in [0.05, 0.1) is 6.61 Å². The molecular formula is C17H26N2O. The lowest BCUT2D eigenvalue weighted by Gasteiger charge is -2.34. The third kappa shape index (κ3) is 2.50. The summed E-state index contributed by atoms with van der Waals surface area (Å²) in [6, 6.07) is 8.77. The van der Waals surface area contributed by atoms with Gasteiger partial charge in [-0.3, -0.25) is 4.90 Å². The molecule has 1 aliphatic heterocycles. The molecule has 1 heterocycles. The van der Waals surface area contributed by atoms with E-state index >= 15 is 0 Å². The Hall–Kier alpha value is -0.900. The largest absolute Gasteiger partial charge is 0.394 e. The van der Waals surface area contributed by atoms with Gasteiger partial charge in [0.2, 0.25) is 0 Å². The van der Waals surface area contributed by atoms with Gasteiger partial charge in [0.25, 0.3) is 0 Å². The van der Waals surface area contributed by atoms with Gasteiger partial charge in [-0.1, -0.05) is 30.7 Å². The van der Waals surface area contributed by atoms with Crippen molar-refractivity contribution in [3.05, 3.63) is 35.4 Å². The smallest absolute Gasteiger partial charge is 0.0615 e. The zero-order chi connectivity index (χ0) is 14.0. The van der Waals surface area contributed by atoms with Crippen LogP contribution >= 0.6 is 0 Å². The molecule has 2 atom stereocenters. The number of aliphatic hydroxyl groups excluding tert-OH is 1. The summed E-state index contributed by atoms with van der Waals surface area (Å²) in [5.74, 6) is 0.612. The predicted molar refractivity (Wildman–Crippen MR) is 81.4 cm³/mol. The molecule has 0 radical (unpaired) electrons. The van der Waals surface area contributed by atoms with E-state index in [1.807, 2.05) is 7.05 Å². The standard InChI is InChI=1S/C17H26N2O/c1-18-17(13-20)9-4-7-16(17)8-10-19-11-14-5-2-3-6-15(14)12-19/h2-3,5-6,16,18,20H,4,7-13H2,1H3. The van der Waals surface area contributed by atoms with Crippen molar-refractivity contribution >= 4 is 0 Å². The van der Waals surface area contributed by atoms with Crippen LogP contribution in [-0.2, 0) is 13.1 Å². The number of nitrogens with zero attached hydrogens (tertiary/aromatic N) is 1. The fraction of sp³-hybridized carbons (Fsp3) is 0.647. The molecule has 0 spiro atoms. The van der Waals surface area contributed by atoms with Gasteiger partial charge in [0.15, 0.2) is 0 Å². The van der Waals surface area contributed by atoms with Crippen LogP contribution in [0.1, 0.15) is 36.8 Å². The van der Waals surface area contributed by atoms with Crippen LogP contribution in [0, 0.1) is 5.92 Å². The van der Waals surface area contributed by atoms with E-state index in [9.17, 15) is 5.11 Å². The number of benzene rings is 1. The molecule has 0 saturated heterocycles. The molecule has 2 aliphatic rings. The minimum absolute atomic E-state index is 0.0213. The molecule has 1 aliphatic carbocycles. The van der Waals surface area contributed by atoms with Crippen LogP contribution in [0.4, 0.5) is 0 Å². The van der Waals surface area contributed by atoms with E-state index in [0.29, 0.717) is 5.92 Å². The van der Waals surface area contributed by atoms with Gasteiger partial charge in [-0.15, -0.1) is 0 Å². The predicted octanol–water partition coefficient (Wildman–Crippen LogP) is 2.14. The number of hydrogen-bond donors (Lipinski definition) is 2. The highest BCUT2D eigenvalue weighted by Crippen LogP contribution is 2.38. The first-order chi connectivity index (χ1) is 9.77. The highest BCUT2D eigenvalue weighted by Gasteiger charge is 2.40. The molecule has 3 rings (SSSR count). The van der Waals surface area contributed by atoms with E-state index in [2.05, 4.69) is 34.5 Å². The molecule has 0 amide bonds. The molecule has 1 fully saturated rings. The summed E-state index contributed by atoms with van der Waals surface area (Å²) in [6.07, 6.45) is 4.80. The lowest BCUT2D eigenvalue weighted by molar-refractivity contribution is 0.118. The zero-order valence-electron chi connectivity index (χ0n) is 12.4. The highest BCUT2D eigenvalue weighted by atomic mass is 16.3. The SMILES string of the molecule is CNC1(CO)CCCC1CCN1Cc2ccccc2C1. The van der Waals surface area contributed by atoms with Gasteiger partial charge in [0.1, 0.15) is 0 Å². The van der Waals surface area contributed by atoms with Crippen LogP contribution in [0.15, 0.2) is 24.3 Å². The van der Waals surface area contributed by atoms with Crippen molar-refractivity contribution < 1.29 is 5.11 Å². The molecule has 20 heavy (non-hydrogen) atoms. The maximum atomic E-state index is 9.74. The Balaban J connectivity index is 1.56. The van der Waals surface area contributed by atoms with E-state index in [-0.39, 0.29) is 12.1 Å². The van der Waals surface area contributed by atoms with Crippen molar-refractivity contribution in [1.29, 1.82) is 0 Å². The quantitative estimate of drug-likeness (QED) is 0.863. The van der Waals surface area contributed by atoms with Gasteiger partial charge < -0.3 is 10.4 Å². The Morgan fingerprint density at radius 2 is 2.00 bits per heavy atom. The zero-order valence-corrected chi connectivity index (χ0v) is 12.4. The molecule has 0 bridgehead atoms. The molecule has 2 N–H and O–H groups in total. The van der Waals surface area contributed by atoms with Crippen molar-refractivity contribution in [2.24, 2.45) is 5.92 Å². The van der Waals surface area contributed by atoms with E-state index in [4.69, 9.17) is 0 Å². The van der Waals surface area contributed by atoms with E-state index in [1.165, 1.54) is 30.4 Å². The second kappa shape index (κ2) is 5.84. The minimum Gasteiger partial charge on any atom is -0.394 e. The summed E-state index contributed by atoms with van der Waals surface area (Å²) in [4.78, 5) is 2.54. The minimum atomic E-state index is -0.0213. The molecular weight excluding hydrogens is 248 g/mol. The van der Waals surface area contributed by atoms with Gasteiger partial charge >= 0.3 is 0 Å². The van der Waals surface area contributed by atoms with E-state index in [1.54, 1.807) is 0 Å². The Morgan fingerprint density at radius 3 is 2.60 bits per heavy atom. The lowest BCUT2D eigenvalue weighted by Crippen LogP contribution is -2.50. The fourth-order valence-electron chi connectivity index (χ4n) is 4.08. The molecule has 0 aromatic heterocycles. The van der Waals surface area contributed by atoms with E-state index in [0.717, 1.165) is 26.1 Å². The van der Waals surface area contributed by atoms with Crippen LogP contribution in [0.25, 0.3) is 0 Å². The second-order valence-corrected chi connectivity index (χ2v) is 6.42. The van der Waals surface area contributed by atoms with Crippen LogP contribution in [0.3, 0.4) is 0 Å². The van der Waals surface area contributed by atoms with Crippen LogP contribution in [0.2, 0.25) is 0 Å². The average molecular weight is 274 g/mol. The van der Waals surface area contributed by atoms with Gasteiger partial charge in [-0.25, -0.2) is 0 Å². The number of fused-ring (bicyclic) bond motifs is 1. The van der Waals surface area contributed by atoms with Gasteiger partial charge in [-0.05, 0) is 49.9 Å². The summed E-state index contributed by atoms with van der Waals surface area (Å²) in [5, 5.41) is 13.1. The third-order valence-electron chi connectivity index (χ3n) is 5.44. The van der Waals surface area contributed by atoms with Crippen LogP contribution in [-0.4, -0.2) is 35.7 Å². The van der Waals surface area contributed by atoms with Crippen LogP contribution in [0.5, 0.6) is 0 Å². The third-order valence-corrected chi connectivity index (χ3v) is 5.44. The number of rotatable bonds is 5. The van der Waals surface area contributed by atoms with E-state index < -0.39 is 0 Å². The molecule has 1 saturated carbocycles. The summed E-state index contributed by atoms with van der Waals surface area (Å²) >= 11 is 0.